The summed E-state index contributed by atoms with van der Waals surface area (Å²) in [5, 5.41) is 8.12. The Morgan fingerprint density at radius 3 is 2.50 bits per heavy atom. The van der Waals surface area contributed by atoms with Gasteiger partial charge < -0.3 is 9.84 Å². The van der Waals surface area contributed by atoms with E-state index >= 15 is 0 Å². The summed E-state index contributed by atoms with van der Waals surface area (Å²) in [7, 11) is 1.38. The molecule has 1 N–H and O–H groups in total. The van der Waals surface area contributed by atoms with Crippen molar-refractivity contribution in [2.24, 2.45) is 0 Å². The van der Waals surface area contributed by atoms with Crippen LogP contribution in [0.4, 0.5) is 0 Å². The van der Waals surface area contributed by atoms with Crippen LogP contribution < -0.4 is 0 Å². The molecule has 0 rings (SSSR count). The molecule has 46 valence electrons. The average molecular weight is 181 g/mol. The molecule has 0 aromatic rings. The fourth-order valence-electron chi connectivity index (χ4n) is 0.154. The molecule has 0 saturated carbocycles. The lowest BCUT2D eigenvalue weighted by Crippen LogP contribution is -1.92. The second-order valence-electron chi connectivity index (χ2n) is 1.01. The average Bonchev–Trinajstić information content (AvgIpc) is 1.67. The van der Waals surface area contributed by atoms with E-state index in [9.17, 15) is 4.79 Å². The molecule has 0 radical (unpaired) electrons. The zero-order valence-corrected chi connectivity index (χ0v) is 5.81. The number of carboxylic acid groups (broad SMARTS) is 1. The molecule has 0 bridgehead atoms. The fraction of sp³-hybridized carbons (Fsp3) is 0.250. The minimum absolute atomic E-state index is 0.0139. The molecule has 3 nitrogen and oxygen atoms in total. The van der Waals surface area contributed by atoms with Gasteiger partial charge in [0.05, 0.1) is 7.11 Å². The summed E-state index contributed by atoms with van der Waals surface area (Å²) in [6.07, 6.45) is 1.10. The van der Waals surface area contributed by atoms with Crippen LogP contribution in [0.25, 0.3) is 0 Å². The van der Waals surface area contributed by atoms with Crippen LogP contribution in [-0.2, 0) is 9.53 Å². The van der Waals surface area contributed by atoms with Crippen LogP contribution >= 0.6 is 15.9 Å². The molecule has 4 heteroatoms. The molecule has 0 saturated heterocycles. The lowest BCUT2D eigenvalue weighted by atomic mass is 10.6. The van der Waals surface area contributed by atoms with Crippen molar-refractivity contribution < 1.29 is 14.6 Å². The minimum atomic E-state index is -1.04. The molecule has 0 atom stereocenters. The monoisotopic (exact) mass is 180 g/mol. The van der Waals surface area contributed by atoms with Gasteiger partial charge in [0.1, 0.15) is 10.7 Å². The van der Waals surface area contributed by atoms with E-state index in [1.807, 2.05) is 0 Å². The highest BCUT2D eigenvalue weighted by Crippen LogP contribution is 2.02. The van der Waals surface area contributed by atoms with E-state index in [0.717, 1.165) is 6.26 Å². The summed E-state index contributed by atoms with van der Waals surface area (Å²) >= 11 is 2.74. The predicted molar refractivity (Wildman–Crippen MR) is 31.7 cm³/mol. The second-order valence-corrected chi connectivity index (χ2v) is 1.86. The number of ether oxygens (including phenoxy) is 1. The molecule has 0 unspecified atom stereocenters. The maximum atomic E-state index is 9.89. The van der Waals surface area contributed by atoms with Gasteiger partial charge >= 0.3 is 5.97 Å². The van der Waals surface area contributed by atoms with Crippen LogP contribution in [0.3, 0.4) is 0 Å². The first-order chi connectivity index (χ1) is 3.68. The number of carbonyl (C=O) groups is 1. The molecule has 0 aliphatic carbocycles. The van der Waals surface area contributed by atoms with Gasteiger partial charge in [0.25, 0.3) is 0 Å². The molecule has 0 aromatic heterocycles. The molecule has 0 aliphatic heterocycles. The third-order valence-electron chi connectivity index (χ3n) is 0.426. The van der Waals surface area contributed by atoms with Gasteiger partial charge in [-0.15, -0.1) is 0 Å². The highest BCUT2D eigenvalue weighted by atomic mass is 79.9. The molecule has 8 heavy (non-hydrogen) atoms. The van der Waals surface area contributed by atoms with Crippen LogP contribution in [0.5, 0.6) is 0 Å². The van der Waals surface area contributed by atoms with Gasteiger partial charge in [0.2, 0.25) is 0 Å². The Hall–Kier alpha value is -0.510. The molecule has 0 fully saturated rings. The zero-order valence-electron chi connectivity index (χ0n) is 4.22. The normalized spacial score (nSPS) is 11.0. The number of hydrogen-bond acceptors (Lipinski definition) is 2. The van der Waals surface area contributed by atoms with Crippen LogP contribution in [0.15, 0.2) is 10.7 Å². The summed E-state index contributed by atoms with van der Waals surface area (Å²) in [6, 6.07) is 0. The third-order valence-corrected chi connectivity index (χ3v) is 0.952. The van der Waals surface area contributed by atoms with Crippen LogP contribution in [-0.4, -0.2) is 18.2 Å². The van der Waals surface area contributed by atoms with E-state index in [0.29, 0.717) is 0 Å². The van der Waals surface area contributed by atoms with Crippen LogP contribution in [0.2, 0.25) is 0 Å². The van der Waals surface area contributed by atoms with Gasteiger partial charge in [-0.3, -0.25) is 0 Å². The Kier molecular flexibility index (Phi) is 3.26. The van der Waals surface area contributed by atoms with Gasteiger partial charge in [-0.25, -0.2) is 4.79 Å². The summed E-state index contributed by atoms with van der Waals surface area (Å²) in [5.74, 6) is -1.04. The largest absolute Gasteiger partial charge is 0.503 e. The van der Waals surface area contributed by atoms with E-state index in [2.05, 4.69) is 20.7 Å². The smallest absolute Gasteiger partial charge is 0.345 e. The zero-order chi connectivity index (χ0) is 6.57. The van der Waals surface area contributed by atoms with E-state index in [4.69, 9.17) is 5.11 Å². The van der Waals surface area contributed by atoms with Crippen molar-refractivity contribution in [3.8, 4) is 0 Å². The van der Waals surface area contributed by atoms with Crippen molar-refractivity contribution in [1.82, 2.24) is 0 Å². The number of halogens is 1. The van der Waals surface area contributed by atoms with Crippen molar-refractivity contribution in [1.29, 1.82) is 0 Å². The minimum Gasteiger partial charge on any atom is -0.503 e. The van der Waals surface area contributed by atoms with Crippen molar-refractivity contribution in [2.45, 2.75) is 0 Å². The molecule has 0 aromatic carbocycles. The van der Waals surface area contributed by atoms with Gasteiger partial charge in [-0.1, -0.05) is 0 Å². The number of methoxy groups -OCH3 is 1. The molecule has 0 heterocycles. The molecular weight excluding hydrogens is 176 g/mol. The second kappa shape index (κ2) is 3.49. The highest BCUT2D eigenvalue weighted by Gasteiger charge is 1.99. The number of hydrogen-bond donors (Lipinski definition) is 1. The third kappa shape index (κ3) is 2.63. The maximum Gasteiger partial charge on any atom is 0.345 e. The van der Waals surface area contributed by atoms with Crippen LogP contribution in [0.1, 0.15) is 0 Å². The fourth-order valence-corrected chi connectivity index (χ4v) is 0.341. The summed E-state index contributed by atoms with van der Waals surface area (Å²) in [4.78, 5) is 9.89. The van der Waals surface area contributed by atoms with E-state index in [-0.39, 0.29) is 4.48 Å². The summed E-state index contributed by atoms with van der Waals surface area (Å²) < 4.78 is 4.39. The number of carboxylic acids is 1. The lowest BCUT2D eigenvalue weighted by molar-refractivity contribution is -0.131. The molecule has 0 amide bonds. The first kappa shape index (κ1) is 7.49. The van der Waals surface area contributed by atoms with Crippen molar-refractivity contribution in [2.75, 3.05) is 7.11 Å². The first-order valence-corrected chi connectivity index (χ1v) is 2.59. The van der Waals surface area contributed by atoms with Gasteiger partial charge in [-0.2, -0.15) is 0 Å². The number of rotatable bonds is 2. The van der Waals surface area contributed by atoms with E-state index in [1.165, 1.54) is 7.11 Å². The van der Waals surface area contributed by atoms with E-state index in [1.54, 1.807) is 0 Å². The quantitative estimate of drug-likeness (QED) is 0.509. The highest BCUT2D eigenvalue weighted by molar-refractivity contribution is 9.12. The van der Waals surface area contributed by atoms with Crippen molar-refractivity contribution in [3.05, 3.63) is 10.7 Å². The molecule has 0 aliphatic rings. The first-order valence-electron chi connectivity index (χ1n) is 1.80. The maximum absolute atomic E-state index is 9.89. The summed E-state index contributed by atoms with van der Waals surface area (Å²) in [6.45, 7) is 0. The van der Waals surface area contributed by atoms with Gasteiger partial charge in [0.15, 0.2) is 0 Å². The van der Waals surface area contributed by atoms with Crippen molar-refractivity contribution >= 4 is 21.9 Å². The Labute approximate surface area is 55.1 Å². The van der Waals surface area contributed by atoms with E-state index < -0.39 is 5.97 Å². The topological polar surface area (TPSA) is 46.5 Å². The van der Waals surface area contributed by atoms with Crippen molar-refractivity contribution in [3.63, 3.8) is 0 Å². The molecule has 0 spiro atoms. The lowest BCUT2D eigenvalue weighted by Gasteiger charge is -1.87. The molecular formula is C4H5BrO3. The standard InChI is InChI=1S/C4H5BrO3/c1-8-2-3(5)4(6)7/h2H,1H3,(H,6,7)/b3-2-. The van der Waals surface area contributed by atoms with Gasteiger partial charge in [-0.05, 0) is 15.9 Å². The number of aliphatic carboxylic acids is 1. The Morgan fingerprint density at radius 2 is 2.38 bits per heavy atom. The predicted octanol–water partition coefficient (Wildman–Crippen LogP) is 0.954. The summed E-state index contributed by atoms with van der Waals surface area (Å²) in [5.41, 5.74) is 0. The van der Waals surface area contributed by atoms with Crippen LogP contribution in [0, 0.1) is 0 Å². The Bertz CT molecular complexity index is 118. The van der Waals surface area contributed by atoms with Gasteiger partial charge in [0, 0.05) is 0 Å². The Morgan fingerprint density at radius 1 is 1.88 bits per heavy atom. The Balaban J connectivity index is 3.80. The SMILES string of the molecule is CO/C=C(\Br)C(=O)O.